The van der Waals surface area contributed by atoms with Crippen molar-refractivity contribution in [3.63, 3.8) is 0 Å². The maximum Gasteiger partial charge on any atom is 0.247 e. The van der Waals surface area contributed by atoms with E-state index in [-0.39, 0.29) is 11.8 Å². The van der Waals surface area contributed by atoms with Gasteiger partial charge in [-0.2, -0.15) is 0 Å². The van der Waals surface area contributed by atoms with Gasteiger partial charge in [-0.25, -0.2) is 4.99 Å². The highest BCUT2D eigenvalue weighted by molar-refractivity contribution is 6.03. The Bertz CT molecular complexity index is 1530. The summed E-state index contributed by atoms with van der Waals surface area (Å²) in [5, 5.41) is 11.6. The van der Waals surface area contributed by atoms with Crippen molar-refractivity contribution in [3.05, 3.63) is 97.0 Å². The van der Waals surface area contributed by atoms with Crippen molar-refractivity contribution in [2.24, 2.45) is 15.9 Å². The molecule has 8 nitrogen and oxygen atoms in total. The molecular formula is C33H39N7O. The fourth-order valence-electron chi connectivity index (χ4n) is 4.68. The molecule has 1 aromatic heterocycles. The number of aliphatic imine (C=N–C) groups is 2. The van der Waals surface area contributed by atoms with E-state index in [1.54, 1.807) is 6.20 Å². The van der Waals surface area contributed by atoms with Crippen molar-refractivity contribution in [1.29, 1.82) is 0 Å². The van der Waals surface area contributed by atoms with Crippen molar-refractivity contribution in [3.8, 4) is 11.3 Å². The number of allylic oxidation sites excluding steroid dienone is 2. The average Bonchev–Trinajstić information content (AvgIpc) is 2.97. The van der Waals surface area contributed by atoms with Gasteiger partial charge in [0.25, 0.3) is 0 Å². The first-order chi connectivity index (χ1) is 19.9. The molecule has 0 aliphatic carbocycles. The monoisotopic (exact) mass is 549 g/mol. The molecule has 4 rings (SSSR count). The van der Waals surface area contributed by atoms with Crippen molar-refractivity contribution in [2.75, 3.05) is 18.9 Å². The number of carbonyl (C=O) groups is 1. The molecule has 3 N–H and O–H groups in total. The number of anilines is 1. The summed E-state index contributed by atoms with van der Waals surface area (Å²) in [5.74, 6) is 2.35. The Morgan fingerprint density at radius 2 is 1.90 bits per heavy atom. The fourth-order valence-corrected chi connectivity index (χ4v) is 4.68. The Morgan fingerprint density at radius 1 is 1.10 bits per heavy atom. The van der Waals surface area contributed by atoms with Crippen molar-refractivity contribution < 1.29 is 4.79 Å². The molecule has 0 bridgehead atoms. The summed E-state index contributed by atoms with van der Waals surface area (Å²) in [6.45, 7) is 15.2. The Kier molecular flexibility index (Phi) is 9.68. The van der Waals surface area contributed by atoms with Gasteiger partial charge >= 0.3 is 0 Å². The number of rotatable bonds is 10. The van der Waals surface area contributed by atoms with Crippen LogP contribution in [0.2, 0.25) is 0 Å². The van der Waals surface area contributed by atoms with Gasteiger partial charge in [0.1, 0.15) is 5.82 Å². The highest BCUT2D eigenvalue weighted by Crippen LogP contribution is 2.31. The highest BCUT2D eigenvalue weighted by atomic mass is 16.1. The molecular weight excluding hydrogens is 510 g/mol. The lowest BCUT2D eigenvalue weighted by molar-refractivity contribution is -0.111. The summed E-state index contributed by atoms with van der Waals surface area (Å²) in [7, 11) is 1.99. The molecule has 3 aromatic rings. The molecule has 1 saturated heterocycles. The summed E-state index contributed by atoms with van der Waals surface area (Å²) in [4.78, 5) is 28.3. The van der Waals surface area contributed by atoms with Crippen LogP contribution in [0.4, 0.5) is 5.69 Å². The SMILES string of the molecule is C=CC(=O)Nc1ccc2c(-c3ccccc3CN=C3NC(=NCCCC)N/C(=C(/C=C)C(C)C)N3C)nccc2c1. The predicted octanol–water partition coefficient (Wildman–Crippen LogP) is 6.22. The molecule has 41 heavy (non-hydrogen) atoms. The molecule has 0 radical (unpaired) electrons. The minimum atomic E-state index is -0.246. The molecule has 1 fully saturated rings. The Labute approximate surface area is 242 Å². The molecule has 0 atom stereocenters. The summed E-state index contributed by atoms with van der Waals surface area (Å²) < 4.78 is 0. The topological polar surface area (TPSA) is 94.0 Å². The molecule has 0 unspecified atom stereocenters. The van der Waals surface area contributed by atoms with Gasteiger partial charge in [-0.3, -0.25) is 20.1 Å². The maximum absolute atomic E-state index is 11.8. The van der Waals surface area contributed by atoms with Crippen LogP contribution in [0.3, 0.4) is 0 Å². The first-order valence-electron chi connectivity index (χ1n) is 14.0. The summed E-state index contributed by atoms with van der Waals surface area (Å²) in [6.07, 6.45) is 7.04. The van der Waals surface area contributed by atoms with Gasteiger partial charge in [0.2, 0.25) is 17.8 Å². The number of aromatic nitrogens is 1. The third-order valence-corrected chi connectivity index (χ3v) is 6.91. The maximum atomic E-state index is 11.8. The molecule has 212 valence electrons. The third-order valence-electron chi connectivity index (χ3n) is 6.91. The second kappa shape index (κ2) is 13.6. The Balaban J connectivity index is 1.70. The second-order valence-electron chi connectivity index (χ2n) is 10.1. The van der Waals surface area contributed by atoms with Crippen LogP contribution in [0.15, 0.2) is 101 Å². The number of amides is 1. The molecule has 0 saturated carbocycles. The van der Waals surface area contributed by atoms with Crippen LogP contribution in [0.1, 0.15) is 39.2 Å². The van der Waals surface area contributed by atoms with Crippen LogP contribution in [0.5, 0.6) is 0 Å². The molecule has 2 heterocycles. The number of hydrogen-bond acceptors (Lipinski definition) is 4. The number of carbonyl (C=O) groups excluding carboxylic acids is 1. The Morgan fingerprint density at radius 3 is 2.63 bits per heavy atom. The largest absolute Gasteiger partial charge is 0.323 e. The zero-order valence-corrected chi connectivity index (χ0v) is 24.4. The van der Waals surface area contributed by atoms with Crippen molar-refractivity contribution in [2.45, 2.75) is 40.2 Å². The summed E-state index contributed by atoms with van der Waals surface area (Å²) in [6, 6.07) is 15.9. The summed E-state index contributed by atoms with van der Waals surface area (Å²) in [5.41, 5.74) is 4.71. The van der Waals surface area contributed by atoms with Crippen LogP contribution in [-0.4, -0.2) is 41.3 Å². The van der Waals surface area contributed by atoms with Gasteiger partial charge in [-0.15, -0.1) is 0 Å². The first-order valence-corrected chi connectivity index (χ1v) is 14.0. The zero-order chi connectivity index (χ0) is 29.4. The van der Waals surface area contributed by atoms with E-state index in [2.05, 4.69) is 62.0 Å². The number of fused-ring (bicyclic) bond motifs is 1. The van der Waals surface area contributed by atoms with Gasteiger partial charge in [0, 0.05) is 36.4 Å². The van der Waals surface area contributed by atoms with Crippen LogP contribution in [0, 0.1) is 5.92 Å². The lowest BCUT2D eigenvalue weighted by Gasteiger charge is -2.34. The number of pyridine rings is 1. The lowest BCUT2D eigenvalue weighted by atomic mass is 9.99. The predicted molar refractivity (Wildman–Crippen MR) is 170 cm³/mol. The van der Waals surface area contributed by atoms with Crippen molar-refractivity contribution in [1.82, 2.24) is 20.5 Å². The average molecular weight is 550 g/mol. The zero-order valence-electron chi connectivity index (χ0n) is 24.4. The molecule has 8 heteroatoms. The number of unbranched alkanes of at least 4 members (excludes halogenated alkanes) is 1. The normalized spacial score (nSPS) is 16.5. The van der Waals surface area contributed by atoms with Gasteiger partial charge in [0.05, 0.1) is 12.2 Å². The first kappa shape index (κ1) is 29.3. The molecule has 1 aliphatic rings. The van der Waals surface area contributed by atoms with Crippen molar-refractivity contribution >= 4 is 34.3 Å². The van der Waals surface area contributed by atoms with E-state index in [1.165, 1.54) is 6.08 Å². The van der Waals surface area contributed by atoms with E-state index in [4.69, 9.17) is 15.0 Å². The lowest BCUT2D eigenvalue weighted by Crippen LogP contribution is -2.56. The smallest absolute Gasteiger partial charge is 0.247 e. The Hall–Kier alpha value is -4.72. The number of guanidine groups is 2. The molecule has 1 aliphatic heterocycles. The number of benzene rings is 2. The van der Waals surface area contributed by atoms with Crippen LogP contribution in [0.25, 0.3) is 22.0 Å². The minimum Gasteiger partial charge on any atom is -0.323 e. The number of nitrogens with one attached hydrogen (secondary N) is 3. The summed E-state index contributed by atoms with van der Waals surface area (Å²) >= 11 is 0. The van der Waals surface area contributed by atoms with E-state index >= 15 is 0 Å². The minimum absolute atomic E-state index is 0.246. The van der Waals surface area contributed by atoms with Crippen LogP contribution < -0.4 is 16.0 Å². The van der Waals surface area contributed by atoms with Crippen LogP contribution >= 0.6 is 0 Å². The molecule has 2 aromatic carbocycles. The molecule has 0 spiro atoms. The van der Waals surface area contributed by atoms with E-state index in [9.17, 15) is 4.79 Å². The van der Waals surface area contributed by atoms with Gasteiger partial charge in [0.15, 0.2) is 0 Å². The third kappa shape index (κ3) is 6.90. The van der Waals surface area contributed by atoms with Gasteiger partial charge in [-0.1, -0.05) is 76.8 Å². The standard InChI is InChI=1S/C33H39N7O/c1-7-10-18-35-32-38-31(26(8-2)22(4)5)40(6)33(39-32)36-21-24-13-11-12-14-27(24)30-28-16-15-25(37-29(41)9-3)20-23(28)17-19-34-30/h8-9,11-17,19-20,22H,2-3,7,10,18,21H2,1,4-6H3,(H,37,41)(H2,35,36,38,39)/b31-26+. The quantitative estimate of drug-likeness (QED) is 0.206. The van der Waals surface area contributed by atoms with E-state index in [0.717, 1.165) is 58.4 Å². The fraction of sp³-hybridized carbons (Fsp3) is 0.273. The number of nitrogens with zero attached hydrogens (tertiary/aromatic N) is 4. The van der Waals surface area contributed by atoms with E-state index < -0.39 is 0 Å². The number of hydrogen-bond donors (Lipinski definition) is 3. The van der Waals surface area contributed by atoms with Gasteiger partial charge in [-0.05, 0) is 53.1 Å². The van der Waals surface area contributed by atoms with E-state index in [1.807, 2.05) is 54.4 Å². The second-order valence-corrected chi connectivity index (χ2v) is 10.1. The van der Waals surface area contributed by atoms with Crippen LogP contribution in [-0.2, 0) is 11.3 Å². The van der Waals surface area contributed by atoms with Gasteiger partial charge < -0.3 is 15.5 Å². The highest BCUT2D eigenvalue weighted by Gasteiger charge is 2.24. The molecule has 1 amide bonds. The van der Waals surface area contributed by atoms with E-state index in [0.29, 0.717) is 24.2 Å².